The average Bonchev–Trinajstić information content (AvgIpc) is 2.76. The van der Waals surface area contributed by atoms with Crippen LogP contribution in [0.15, 0.2) is 69.6 Å². The van der Waals surface area contributed by atoms with Crippen molar-refractivity contribution in [3.63, 3.8) is 0 Å². The summed E-state index contributed by atoms with van der Waals surface area (Å²) in [5, 5.41) is 0. The maximum Gasteiger partial charge on any atom is 0.199 e. The molecule has 0 aliphatic heterocycles. The second-order valence-corrected chi connectivity index (χ2v) is 9.86. The van der Waals surface area contributed by atoms with E-state index >= 15 is 0 Å². The van der Waals surface area contributed by atoms with Crippen LogP contribution in [0, 0.1) is 0 Å². The van der Waals surface area contributed by atoms with Crippen molar-refractivity contribution < 1.29 is 18.9 Å². The van der Waals surface area contributed by atoms with Crippen LogP contribution in [-0.4, -0.2) is 25.8 Å². The lowest BCUT2D eigenvalue weighted by atomic mass is 10.0. The van der Waals surface area contributed by atoms with Gasteiger partial charge < -0.3 is 18.9 Å². The van der Waals surface area contributed by atoms with Crippen LogP contribution in [-0.2, 0) is 15.9 Å². The molecule has 0 aliphatic carbocycles. The minimum absolute atomic E-state index is 0.307. The molecule has 180 valence electrons. The lowest BCUT2D eigenvalue weighted by molar-refractivity contribution is -0.0733. The highest BCUT2D eigenvalue weighted by Gasteiger charge is 2.14. The van der Waals surface area contributed by atoms with Gasteiger partial charge in [-0.15, -0.1) is 0 Å². The van der Waals surface area contributed by atoms with Crippen molar-refractivity contribution >= 4 is 31.9 Å². The molecular weight excluding hydrogens is 548 g/mol. The summed E-state index contributed by atoms with van der Waals surface area (Å²) in [6, 6.07) is 12.3. The van der Waals surface area contributed by atoms with Crippen molar-refractivity contribution in [3.05, 3.63) is 80.8 Å². The number of ether oxygens (including phenoxy) is 4. The monoisotopic (exact) mass is 580 g/mol. The number of benzene rings is 2. The van der Waals surface area contributed by atoms with Crippen molar-refractivity contribution in [2.45, 2.75) is 59.5 Å². The number of hydrogen-bond acceptors (Lipinski definition) is 4. The second kappa shape index (κ2) is 14.0. The minimum atomic E-state index is -0.307. The van der Waals surface area contributed by atoms with E-state index in [2.05, 4.69) is 69.3 Å². The van der Waals surface area contributed by atoms with Crippen molar-refractivity contribution in [3.8, 4) is 11.5 Å². The van der Waals surface area contributed by atoms with Crippen LogP contribution in [0.2, 0.25) is 0 Å². The number of halogens is 2. The van der Waals surface area contributed by atoms with Crippen LogP contribution in [0.4, 0.5) is 0 Å². The first-order chi connectivity index (χ1) is 15.7. The zero-order valence-corrected chi connectivity index (χ0v) is 23.1. The normalized spacial score (nSPS) is 12.8. The predicted octanol–water partition coefficient (Wildman–Crippen LogP) is 8.22. The summed E-state index contributed by atoms with van der Waals surface area (Å²) in [5.41, 5.74) is 4.28. The molecule has 6 heteroatoms. The minimum Gasteiger partial charge on any atom is -0.464 e. The van der Waals surface area contributed by atoms with Gasteiger partial charge in [-0.2, -0.15) is 0 Å². The SMILES string of the molecule is C=C(C)COC(CC)Oc1ccc(Cc2ccc(OC(CC)OCC(=C)C)c(Br)c2)cc1Br. The lowest BCUT2D eigenvalue weighted by Crippen LogP contribution is -2.20. The van der Waals surface area contributed by atoms with Crippen molar-refractivity contribution in [2.75, 3.05) is 13.2 Å². The van der Waals surface area contributed by atoms with Crippen LogP contribution in [0.3, 0.4) is 0 Å². The Hall–Kier alpha value is -1.60. The van der Waals surface area contributed by atoms with Crippen LogP contribution in [0.5, 0.6) is 11.5 Å². The van der Waals surface area contributed by atoms with Crippen LogP contribution in [0.1, 0.15) is 51.7 Å². The molecule has 0 amide bonds. The van der Waals surface area contributed by atoms with Gasteiger partial charge in [0.05, 0.1) is 22.2 Å². The largest absolute Gasteiger partial charge is 0.464 e. The van der Waals surface area contributed by atoms with Gasteiger partial charge in [-0.25, -0.2) is 0 Å². The molecule has 2 unspecified atom stereocenters. The molecule has 0 saturated carbocycles. The van der Waals surface area contributed by atoms with Gasteiger partial charge in [0.15, 0.2) is 12.6 Å². The lowest BCUT2D eigenvalue weighted by Gasteiger charge is -2.20. The van der Waals surface area contributed by atoms with Crippen molar-refractivity contribution in [1.82, 2.24) is 0 Å². The van der Waals surface area contributed by atoms with E-state index in [0.717, 1.165) is 50.9 Å². The Kier molecular flexibility index (Phi) is 11.7. The van der Waals surface area contributed by atoms with E-state index in [4.69, 9.17) is 18.9 Å². The first-order valence-corrected chi connectivity index (χ1v) is 12.7. The average molecular weight is 582 g/mol. The van der Waals surface area contributed by atoms with Crippen molar-refractivity contribution in [1.29, 1.82) is 0 Å². The van der Waals surface area contributed by atoms with E-state index in [9.17, 15) is 0 Å². The molecule has 0 N–H and O–H groups in total. The molecular formula is C27H34Br2O4. The Bertz CT molecular complexity index is 866. The highest BCUT2D eigenvalue weighted by molar-refractivity contribution is 9.10. The third kappa shape index (κ3) is 9.65. The molecule has 0 fully saturated rings. The summed E-state index contributed by atoms with van der Waals surface area (Å²) < 4.78 is 25.3. The molecule has 0 aliphatic rings. The van der Waals surface area contributed by atoms with Gasteiger partial charge in [-0.05, 0) is 87.5 Å². The van der Waals surface area contributed by atoms with Gasteiger partial charge in [0.1, 0.15) is 11.5 Å². The Morgan fingerprint density at radius 1 is 0.758 bits per heavy atom. The Morgan fingerprint density at radius 3 is 1.45 bits per heavy atom. The molecule has 0 bridgehead atoms. The van der Waals surface area contributed by atoms with E-state index in [-0.39, 0.29) is 12.6 Å². The molecule has 0 spiro atoms. The fourth-order valence-electron chi connectivity index (χ4n) is 2.96. The maximum atomic E-state index is 6.02. The van der Waals surface area contributed by atoms with Crippen LogP contribution < -0.4 is 9.47 Å². The Balaban J connectivity index is 2.02. The summed E-state index contributed by atoms with van der Waals surface area (Å²) in [5.74, 6) is 1.52. The molecule has 0 aromatic heterocycles. The summed E-state index contributed by atoms with van der Waals surface area (Å²) >= 11 is 7.27. The van der Waals surface area contributed by atoms with E-state index < -0.39 is 0 Å². The van der Waals surface area contributed by atoms with Gasteiger partial charge in [0.25, 0.3) is 0 Å². The molecule has 2 aromatic carbocycles. The highest BCUT2D eigenvalue weighted by atomic mass is 79.9. The molecule has 0 heterocycles. The van der Waals surface area contributed by atoms with Crippen LogP contribution in [0.25, 0.3) is 0 Å². The predicted molar refractivity (Wildman–Crippen MR) is 142 cm³/mol. The maximum absolute atomic E-state index is 6.02. The van der Waals surface area contributed by atoms with E-state index in [1.54, 1.807) is 0 Å². The molecule has 4 nitrogen and oxygen atoms in total. The molecule has 33 heavy (non-hydrogen) atoms. The first-order valence-electron chi connectivity index (χ1n) is 11.1. The highest BCUT2D eigenvalue weighted by Crippen LogP contribution is 2.31. The van der Waals surface area contributed by atoms with E-state index in [0.29, 0.717) is 13.2 Å². The van der Waals surface area contributed by atoms with Gasteiger partial charge >= 0.3 is 0 Å². The molecule has 0 saturated heterocycles. The van der Waals surface area contributed by atoms with Gasteiger partial charge in [0, 0.05) is 12.8 Å². The third-order valence-corrected chi connectivity index (χ3v) is 5.85. The molecule has 2 aromatic rings. The van der Waals surface area contributed by atoms with E-state index in [1.165, 1.54) is 11.1 Å². The summed E-state index contributed by atoms with van der Waals surface area (Å²) in [4.78, 5) is 0. The smallest absolute Gasteiger partial charge is 0.199 e. The molecule has 0 radical (unpaired) electrons. The molecule has 2 rings (SSSR count). The van der Waals surface area contributed by atoms with Gasteiger partial charge in [-0.1, -0.05) is 50.3 Å². The fourth-order valence-corrected chi connectivity index (χ4v) is 4.00. The Morgan fingerprint density at radius 2 is 1.15 bits per heavy atom. The van der Waals surface area contributed by atoms with Crippen molar-refractivity contribution in [2.24, 2.45) is 0 Å². The van der Waals surface area contributed by atoms with Crippen LogP contribution >= 0.6 is 31.9 Å². The fraction of sp³-hybridized carbons (Fsp3) is 0.407. The quantitative estimate of drug-likeness (QED) is 0.166. The topological polar surface area (TPSA) is 36.9 Å². The third-order valence-electron chi connectivity index (χ3n) is 4.62. The number of hydrogen-bond donors (Lipinski definition) is 0. The zero-order chi connectivity index (χ0) is 24.4. The first kappa shape index (κ1) is 27.6. The summed E-state index contributed by atoms with van der Waals surface area (Å²) in [7, 11) is 0. The van der Waals surface area contributed by atoms with Gasteiger partial charge in [0.2, 0.25) is 0 Å². The second-order valence-electron chi connectivity index (χ2n) is 8.15. The number of rotatable bonds is 14. The zero-order valence-electron chi connectivity index (χ0n) is 20.0. The summed E-state index contributed by atoms with van der Waals surface area (Å²) in [6.07, 6.45) is 1.67. The standard InChI is InChI=1S/C27H34Br2O4/c1-7-26(30-16-18(3)4)32-24-11-9-20(14-22(24)28)13-21-10-12-25(23(29)15-21)33-27(8-2)31-17-19(5)6/h9-12,14-15,26-27H,3,5,7-8,13,16-17H2,1-2,4,6H3. The summed E-state index contributed by atoms with van der Waals surface area (Å²) in [6.45, 7) is 16.7. The Labute approximate surface area is 215 Å². The molecule has 2 atom stereocenters. The van der Waals surface area contributed by atoms with E-state index in [1.807, 2.05) is 39.8 Å². The van der Waals surface area contributed by atoms with Gasteiger partial charge in [-0.3, -0.25) is 0 Å².